The van der Waals surface area contributed by atoms with E-state index in [-0.39, 0.29) is 11.5 Å². The van der Waals surface area contributed by atoms with Crippen molar-refractivity contribution in [2.75, 3.05) is 5.32 Å². The van der Waals surface area contributed by atoms with Crippen LogP contribution < -0.4 is 5.32 Å². The van der Waals surface area contributed by atoms with Crippen LogP contribution in [-0.2, 0) is 4.74 Å². The van der Waals surface area contributed by atoms with Crippen molar-refractivity contribution in [2.24, 2.45) is 0 Å². The van der Waals surface area contributed by atoms with E-state index >= 15 is 0 Å². The fraction of sp³-hybridized carbons (Fsp3) is 0.455. The van der Waals surface area contributed by atoms with E-state index in [4.69, 9.17) is 10.00 Å². The standard InChI is InChI=1S/C11H14N4O2/c1-7-8(5-12)13-6-9(14-7)15-10(16)17-11(2,3)4/h6H,1-4H3,(H,14,15,16). The fourth-order valence-corrected chi connectivity index (χ4v) is 1.06. The second-order valence-corrected chi connectivity index (χ2v) is 4.43. The molecule has 1 heterocycles. The molecule has 0 fully saturated rings. The van der Waals surface area contributed by atoms with Crippen LogP contribution in [-0.4, -0.2) is 21.7 Å². The van der Waals surface area contributed by atoms with Gasteiger partial charge in [-0.15, -0.1) is 0 Å². The second-order valence-electron chi connectivity index (χ2n) is 4.43. The SMILES string of the molecule is Cc1nc(NC(=O)OC(C)(C)C)cnc1C#N. The van der Waals surface area contributed by atoms with E-state index in [2.05, 4.69) is 15.3 Å². The number of anilines is 1. The van der Waals surface area contributed by atoms with Crippen molar-refractivity contribution in [3.05, 3.63) is 17.6 Å². The predicted octanol–water partition coefficient (Wildman–Crippen LogP) is 2.00. The molecule has 0 aromatic carbocycles. The van der Waals surface area contributed by atoms with Crippen LogP contribution in [0.2, 0.25) is 0 Å². The lowest BCUT2D eigenvalue weighted by molar-refractivity contribution is 0.0635. The van der Waals surface area contributed by atoms with Crippen LogP contribution >= 0.6 is 0 Å². The van der Waals surface area contributed by atoms with E-state index in [9.17, 15) is 4.79 Å². The van der Waals surface area contributed by atoms with Gasteiger partial charge in [-0.25, -0.2) is 14.8 Å². The third-order valence-corrected chi connectivity index (χ3v) is 1.68. The van der Waals surface area contributed by atoms with Crippen LogP contribution in [0.5, 0.6) is 0 Å². The summed E-state index contributed by atoms with van der Waals surface area (Å²) in [6.45, 7) is 6.94. The van der Waals surface area contributed by atoms with Crippen molar-refractivity contribution in [3.63, 3.8) is 0 Å². The first-order valence-electron chi connectivity index (χ1n) is 5.05. The van der Waals surface area contributed by atoms with Crippen LogP contribution in [0.3, 0.4) is 0 Å². The van der Waals surface area contributed by atoms with Gasteiger partial charge in [0, 0.05) is 0 Å². The van der Waals surface area contributed by atoms with E-state index in [1.807, 2.05) is 6.07 Å². The highest BCUT2D eigenvalue weighted by molar-refractivity contribution is 5.83. The van der Waals surface area contributed by atoms with Crippen molar-refractivity contribution in [1.29, 1.82) is 5.26 Å². The number of nitrogens with one attached hydrogen (secondary N) is 1. The highest BCUT2D eigenvalue weighted by atomic mass is 16.6. The molecule has 0 bridgehead atoms. The lowest BCUT2D eigenvalue weighted by Gasteiger charge is -2.19. The minimum atomic E-state index is -0.601. The van der Waals surface area contributed by atoms with Crippen LogP contribution in [0.4, 0.5) is 10.6 Å². The number of hydrogen-bond acceptors (Lipinski definition) is 5. The fourth-order valence-electron chi connectivity index (χ4n) is 1.06. The van der Waals surface area contributed by atoms with Gasteiger partial charge in [0.1, 0.15) is 11.7 Å². The number of hydrogen-bond donors (Lipinski definition) is 1. The maximum Gasteiger partial charge on any atom is 0.413 e. The minimum Gasteiger partial charge on any atom is -0.444 e. The predicted molar refractivity (Wildman–Crippen MR) is 61.3 cm³/mol. The number of rotatable bonds is 1. The van der Waals surface area contributed by atoms with Crippen LogP contribution in [0.25, 0.3) is 0 Å². The molecule has 1 aromatic rings. The number of aryl methyl sites for hydroxylation is 1. The Hall–Kier alpha value is -2.16. The Balaban J connectivity index is 2.74. The molecule has 0 saturated heterocycles. The van der Waals surface area contributed by atoms with Gasteiger partial charge in [-0.05, 0) is 27.7 Å². The normalized spacial score (nSPS) is 10.5. The average Bonchev–Trinajstić information content (AvgIpc) is 2.14. The molecule has 6 nitrogen and oxygen atoms in total. The van der Waals surface area contributed by atoms with Gasteiger partial charge >= 0.3 is 6.09 Å². The molecule has 0 radical (unpaired) electrons. The molecule has 1 aromatic heterocycles. The Bertz CT molecular complexity index is 471. The number of ether oxygens (including phenoxy) is 1. The molecule has 0 saturated carbocycles. The van der Waals surface area contributed by atoms with Crippen LogP contribution in [0, 0.1) is 18.3 Å². The molecule has 0 aliphatic heterocycles. The van der Waals surface area contributed by atoms with Gasteiger partial charge in [0.05, 0.1) is 11.9 Å². The lowest BCUT2D eigenvalue weighted by Crippen LogP contribution is -2.27. The summed E-state index contributed by atoms with van der Waals surface area (Å²) >= 11 is 0. The molecular formula is C11H14N4O2. The number of amides is 1. The summed E-state index contributed by atoms with van der Waals surface area (Å²) in [4.78, 5) is 19.3. The molecule has 1 amide bonds. The first-order chi connectivity index (χ1) is 7.81. The molecule has 1 N–H and O–H groups in total. The number of nitrogens with zero attached hydrogens (tertiary/aromatic N) is 3. The van der Waals surface area contributed by atoms with Crippen LogP contribution in [0.15, 0.2) is 6.20 Å². The molecule has 0 aliphatic carbocycles. The number of nitriles is 1. The Morgan fingerprint density at radius 2 is 2.18 bits per heavy atom. The Morgan fingerprint density at radius 1 is 1.53 bits per heavy atom. The summed E-state index contributed by atoms with van der Waals surface area (Å²) in [7, 11) is 0. The molecule has 0 spiro atoms. The van der Waals surface area contributed by atoms with E-state index < -0.39 is 11.7 Å². The van der Waals surface area contributed by atoms with Crippen molar-refractivity contribution in [3.8, 4) is 6.07 Å². The van der Waals surface area contributed by atoms with E-state index in [0.29, 0.717) is 5.69 Å². The second kappa shape index (κ2) is 4.78. The van der Waals surface area contributed by atoms with Gasteiger partial charge in [0.25, 0.3) is 0 Å². The third-order valence-electron chi connectivity index (χ3n) is 1.68. The molecule has 0 unspecified atom stereocenters. The smallest absolute Gasteiger partial charge is 0.413 e. The molecule has 17 heavy (non-hydrogen) atoms. The van der Waals surface area contributed by atoms with E-state index in [0.717, 1.165) is 0 Å². The largest absolute Gasteiger partial charge is 0.444 e. The quantitative estimate of drug-likeness (QED) is 0.802. The monoisotopic (exact) mass is 234 g/mol. The molecule has 0 atom stereocenters. The van der Waals surface area contributed by atoms with Gasteiger partial charge in [-0.2, -0.15) is 5.26 Å². The zero-order valence-electron chi connectivity index (χ0n) is 10.2. The lowest BCUT2D eigenvalue weighted by atomic mass is 10.2. The van der Waals surface area contributed by atoms with Gasteiger partial charge in [-0.1, -0.05) is 0 Å². The van der Waals surface area contributed by atoms with E-state index in [1.54, 1.807) is 27.7 Å². The average molecular weight is 234 g/mol. The minimum absolute atomic E-state index is 0.236. The maximum absolute atomic E-state index is 11.4. The summed E-state index contributed by atoms with van der Waals surface area (Å²) in [5, 5.41) is 11.1. The van der Waals surface area contributed by atoms with E-state index in [1.165, 1.54) is 6.20 Å². The van der Waals surface area contributed by atoms with Gasteiger partial charge in [0.2, 0.25) is 0 Å². The molecule has 90 valence electrons. The number of carbonyl (C=O) groups excluding carboxylic acids is 1. The molecule has 0 aliphatic rings. The zero-order chi connectivity index (χ0) is 13.1. The topological polar surface area (TPSA) is 87.9 Å². The van der Waals surface area contributed by atoms with Gasteiger partial charge in [-0.3, -0.25) is 5.32 Å². The Morgan fingerprint density at radius 3 is 2.65 bits per heavy atom. The summed E-state index contributed by atoms with van der Waals surface area (Å²) in [6, 6.07) is 1.90. The Labute approximate surface area is 99.6 Å². The number of aromatic nitrogens is 2. The van der Waals surface area contributed by atoms with Crippen molar-refractivity contribution in [1.82, 2.24) is 9.97 Å². The molecule has 6 heteroatoms. The molecular weight excluding hydrogens is 220 g/mol. The number of carbonyl (C=O) groups is 1. The highest BCUT2D eigenvalue weighted by Gasteiger charge is 2.16. The Kier molecular flexibility index (Phi) is 3.63. The summed E-state index contributed by atoms with van der Waals surface area (Å²) in [6.07, 6.45) is 0.714. The first-order valence-corrected chi connectivity index (χ1v) is 5.05. The maximum atomic E-state index is 11.4. The highest BCUT2D eigenvalue weighted by Crippen LogP contribution is 2.10. The van der Waals surface area contributed by atoms with Crippen LogP contribution in [0.1, 0.15) is 32.2 Å². The van der Waals surface area contributed by atoms with Crippen molar-refractivity contribution in [2.45, 2.75) is 33.3 Å². The zero-order valence-corrected chi connectivity index (χ0v) is 10.2. The van der Waals surface area contributed by atoms with Crippen molar-refractivity contribution < 1.29 is 9.53 Å². The summed E-state index contributed by atoms with van der Waals surface area (Å²) < 4.78 is 5.06. The van der Waals surface area contributed by atoms with Crippen molar-refractivity contribution >= 4 is 11.9 Å². The van der Waals surface area contributed by atoms with Gasteiger partial charge < -0.3 is 4.74 Å². The summed E-state index contributed by atoms with van der Waals surface area (Å²) in [5.74, 6) is 0.260. The van der Waals surface area contributed by atoms with Gasteiger partial charge in [0.15, 0.2) is 11.5 Å². The molecule has 1 rings (SSSR count). The first kappa shape index (κ1) is 12.9. The summed E-state index contributed by atoms with van der Waals surface area (Å²) in [5.41, 5.74) is 0.125. The third kappa shape index (κ3) is 4.07.